The molecule has 2 N–H and O–H groups in total. The molecule has 0 saturated heterocycles. The van der Waals surface area contributed by atoms with Gasteiger partial charge in [-0.3, -0.25) is 9.59 Å². The number of anilines is 1. The number of thiophene rings is 1. The van der Waals surface area contributed by atoms with Crippen molar-refractivity contribution in [2.45, 2.75) is 101 Å². The number of nitrogens with zero attached hydrogens (tertiary/aromatic N) is 2. The van der Waals surface area contributed by atoms with Gasteiger partial charge in [0.1, 0.15) is 16.4 Å². The van der Waals surface area contributed by atoms with Gasteiger partial charge in [-0.15, -0.1) is 16.4 Å². The average molecular weight is 582 g/mol. The lowest BCUT2D eigenvalue weighted by molar-refractivity contribution is -0.211. The van der Waals surface area contributed by atoms with Crippen molar-refractivity contribution in [1.82, 2.24) is 10.2 Å². The van der Waals surface area contributed by atoms with Crippen molar-refractivity contribution in [2.75, 3.05) is 4.90 Å². The Morgan fingerprint density at radius 3 is 2.30 bits per heavy atom. The number of aromatic nitrogens is 2. The zero-order valence-corrected chi connectivity index (χ0v) is 23.2. The molecule has 0 aliphatic heterocycles. The van der Waals surface area contributed by atoms with Gasteiger partial charge in [0.25, 0.3) is 5.56 Å². The van der Waals surface area contributed by atoms with Crippen molar-refractivity contribution in [3.05, 3.63) is 38.3 Å². The fourth-order valence-corrected chi connectivity index (χ4v) is 7.59. The maximum absolute atomic E-state index is 14.2. The topological polar surface area (TPSA) is 113 Å². The Balaban J connectivity index is 1.45. The zero-order valence-electron chi connectivity index (χ0n) is 22.3. The molecule has 40 heavy (non-hydrogen) atoms. The summed E-state index contributed by atoms with van der Waals surface area (Å²) in [5, 5.41) is 16.3. The van der Waals surface area contributed by atoms with E-state index in [2.05, 4.69) is 17.1 Å². The number of halogens is 3. The summed E-state index contributed by atoms with van der Waals surface area (Å²) in [7, 11) is 0. The molecule has 2 aromatic rings. The molecule has 3 saturated carbocycles. The van der Waals surface area contributed by atoms with Gasteiger partial charge in [0.15, 0.2) is 0 Å². The van der Waals surface area contributed by atoms with E-state index in [1.807, 2.05) is 0 Å². The Hall–Kier alpha value is -2.89. The smallest absolute Gasteiger partial charge is 0.399 e. The number of H-pyrrole nitrogens is 1. The van der Waals surface area contributed by atoms with Crippen LogP contribution in [0.5, 0.6) is 5.88 Å². The minimum atomic E-state index is -4.50. The molecule has 3 aliphatic carbocycles. The van der Waals surface area contributed by atoms with Crippen LogP contribution in [-0.2, 0) is 10.2 Å². The molecule has 1 amide bonds. The zero-order chi connectivity index (χ0) is 28.7. The van der Waals surface area contributed by atoms with Crippen molar-refractivity contribution < 1.29 is 32.6 Å². The van der Waals surface area contributed by atoms with Crippen LogP contribution in [-0.4, -0.2) is 45.5 Å². The molecule has 2 aromatic heterocycles. The van der Waals surface area contributed by atoms with Crippen LogP contribution in [0.2, 0.25) is 0 Å². The number of carbonyl (C=O) groups is 2. The number of hydrogen-bond donors (Lipinski definition) is 2. The summed E-state index contributed by atoms with van der Waals surface area (Å²) in [6, 6.07) is 3.78. The van der Waals surface area contributed by atoms with Crippen molar-refractivity contribution >= 4 is 28.9 Å². The summed E-state index contributed by atoms with van der Waals surface area (Å²) in [6.45, 7) is 2.14. The molecule has 8 nitrogen and oxygen atoms in total. The normalized spacial score (nSPS) is 26.5. The summed E-state index contributed by atoms with van der Waals surface area (Å²) < 4.78 is 48.5. The summed E-state index contributed by atoms with van der Waals surface area (Å²) in [4.78, 5) is 39.0. The van der Waals surface area contributed by atoms with E-state index in [9.17, 15) is 32.7 Å². The molecule has 0 atom stereocenters. The minimum absolute atomic E-state index is 0.0186. The van der Waals surface area contributed by atoms with E-state index in [0.29, 0.717) is 62.2 Å². The lowest BCUT2D eigenvalue weighted by Gasteiger charge is -2.42. The first-order valence-corrected chi connectivity index (χ1v) is 14.8. The highest BCUT2D eigenvalue weighted by Gasteiger charge is 2.60. The van der Waals surface area contributed by atoms with Gasteiger partial charge in [-0.1, -0.05) is 13.3 Å². The number of carboxylic acids is 1. The molecular weight excluding hydrogens is 547 g/mol. The Kier molecular flexibility index (Phi) is 8.00. The maximum Gasteiger partial charge on any atom is 0.399 e. The molecule has 0 unspecified atom stereocenters. The number of carboxylic acid groups (broad SMARTS) is 1. The largest absolute Gasteiger partial charge is 0.477 e. The number of aromatic amines is 1. The lowest BCUT2D eigenvalue weighted by atomic mass is 9.67. The second-order valence-electron chi connectivity index (χ2n) is 11.5. The number of rotatable bonds is 7. The number of carbonyl (C=O) groups excluding carboxylic acids is 1. The first-order chi connectivity index (χ1) is 19.0. The molecule has 3 fully saturated rings. The van der Waals surface area contributed by atoms with Crippen LogP contribution in [0.25, 0.3) is 0 Å². The third-order valence-electron chi connectivity index (χ3n) is 8.94. The summed E-state index contributed by atoms with van der Waals surface area (Å²) >= 11 is 0.662. The van der Waals surface area contributed by atoms with Crippen LogP contribution in [0.4, 0.5) is 18.9 Å². The van der Waals surface area contributed by atoms with E-state index in [1.165, 1.54) is 23.1 Å². The molecule has 3 aliphatic rings. The van der Waals surface area contributed by atoms with Crippen molar-refractivity contribution in [3.8, 4) is 5.88 Å². The number of amides is 1. The predicted molar refractivity (Wildman–Crippen MR) is 143 cm³/mol. The van der Waals surface area contributed by atoms with Crippen LogP contribution >= 0.6 is 11.3 Å². The third-order valence-corrected chi connectivity index (χ3v) is 10.3. The highest BCUT2D eigenvalue weighted by molar-refractivity contribution is 7.14. The van der Waals surface area contributed by atoms with Gasteiger partial charge >= 0.3 is 12.1 Å². The molecule has 0 aromatic carbocycles. The maximum atomic E-state index is 14.2. The van der Waals surface area contributed by atoms with E-state index in [1.54, 1.807) is 0 Å². The van der Waals surface area contributed by atoms with Gasteiger partial charge in [0.2, 0.25) is 11.8 Å². The van der Waals surface area contributed by atoms with E-state index < -0.39 is 17.6 Å². The summed E-state index contributed by atoms with van der Waals surface area (Å²) in [5.41, 5.74) is -2.30. The van der Waals surface area contributed by atoms with E-state index in [4.69, 9.17) is 4.74 Å². The number of alkyl halides is 3. The van der Waals surface area contributed by atoms with E-state index >= 15 is 0 Å². The Morgan fingerprint density at radius 1 is 1.10 bits per heavy atom. The summed E-state index contributed by atoms with van der Waals surface area (Å²) in [6.07, 6.45) is 0.760. The van der Waals surface area contributed by atoms with Gasteiger partial charge in [0, 0.05) is 29.0 Å². The molecule has 0 spiro atoms. The van der Waals surface area contributed by atoms with Gasteiger partial charge < -0.3 is 14.7 Å². The van der Waals surface area contributed by atoms with Gasteiger partial charge in [-0.25, -0.2) is 9.89 Å². The Labute approximate surface area is 233 Å². The Morgan fingerprint density at radius 2 is 1.77 bits per heavy atom. The number of ether oxygens (including phenoxy) is 1. The monoisotopic (exact) mass is 581 g/mol. The first kappa shape index (κ1) is 28.6. The number of aromatic carboxylic acids is 1. The van der Waals surface area contributed by atoms with Crippen LogP contribution in [0.3, 0.4) is 0 Å². The second-order valence-corrected chi connectivity index (χ2v) is 12.6. The minimum Gasteiger partial charge on any atom is -0.477 e. The van der Waals surface area contributed by atoms with Crippen LogP contribution in [0.1, 0.15) is 92.1 Å². The molecule has 2 heterocycles. The Bertz CT molecular complexity index is 1270. The first-order valence-electron chi connectivity index (χ1n) is 14.0. The molecule has 0 bridgehead atoms. The number of nitrogens with one attached hydrogen (secondary N) is 1. The van der Waals surface area contributed by atoms with Gasteiger partial charge in [0.05, 0.1) is 5.69 Å². The van der Waals surface area contributed by atoms with Crippen molar-refractivity contribution in [2.24, 2.45) is 11.8 Å². The van der Waals surface area contributed by atoms with Crippen molar-refractivity contribution in [1.29, 1.82) is 0 Å². The van der Waals surface area contributed by atoms with Crippen molar-refractivity contribution in [3.63, 3.8) is 0 Å². The number of hydrogen-bond acceptors (Lipinski definition) is 6. The van der Waals surface area contributed by atoms with Crippen LogP contribution in [0.15, 0.2) is 23.0 Å². The lowest BCUT2D eigenvalue weighted by Crippen LogP contribution is -2.48. The summed E-state index contributed by atoms with van der Waals surface area (Å²) in [5.74, 6) is -1.03. The third kappa shape index (κ3) is 5.51. The standard InChI is InChI=1S/C28H34F3N3O5S/c1-16-3-5-17(6-4-16)25(36)34(18-7-9-19(10-8-18)39-23-12-11-22(35)32-33-23)20-15-21(40-24(20)26(37)38)27(13-2-14-27)28(29,30)31/h11-12,15-19H,2-10,13-14H2,1H3,(H,32,35)(H,37,38). The van der Waals surface area contributed by atoms with Crippen LogP contribution in [0, 0.1) is 11.8 Å². The van der Waals surface area contributed by atoms with Crippen LogP contribution < -0.4 is 15.2 Å². The highest BCUT2D eigenvalue weighted by atomic mass is 32.1. The molecule has 12 heteroatoms. The fourth-order valence-electron chi connectivity index (χ4n) is 6.34. The van der Waals surface area contributed by atoms with E-state index in [-0.39, 0.29) is 63.7 Å². The van der Waals surface area contributed by atoms with E-state index in [0.717, 1.165) is 12.8 Å². The van der Waals surface area contributed by atoms with Gasteiger partial charge in [-0.2, -0.15) is 13.2 Å². The predicted octanol–water partition coefficient (Wildman–Crippen LogP) is 6.06. The van der Waals surface area contributed by atoms with Gasteiger partial charge in [-0.05, 0) is 76.2 Å². The second kappa shape index (κ2) is 11.2. The molecular formula is C28H34F3N3O5S. The fraction of sp³-hybridized carbons (Fsp3) is 0.643. The molecule has 5 rings (SSSR count). The molecule has 218 valence electrons. The SMILES string of the molecule is CC1CCC(C(=O)N(c2cc(C3(C(F)(F)F)CCC3)sc2C(=O)O)C2CCC(Oc3ccc(=O)[nH]n3)CC2)CC1. The quantitative estimate of drug-likeness (QED) is 0.411. The molecule has 0 radical (unpaired) electrons. The highest BCUT2D eigenvalue weighted by Crippen LogP contribution is 2.57. The average Bonchev–Trinajstić information content (AvgIpc) is 3.30.